The zero-order valence-corrected chi connectivity index (χ0v) is 11.2. The Hall–Kier alpha value is 0.354. The van der Waals surface area contributed by atoms with E-state index in [1.54, 1.807) is 24.2 Å². The standard InChI is InChI=1S/C8H22N2Si2/c1-9(2)11-5-7-12(8-6-11)10(3)4/h11-12H,5-8H2,1-4H3. The third-order valence-corrected chi connectivity index (χ3v) is 11.4. The minimum Gasteiger partial charge on any atom is -0.331 e. The van der Waals surface area contributed by atoms with Crippen molar-refractivity contribution in [3.05, 3.63) is 0 Å². The SMILES string of the molecule is CN(C)[SiH]1CC[SiH](N(C)C)CC1. The van der Waals surface area contributed by atoms with Gasteiger partial charge >= 0.3 is 0 Å². The summed E-state index contributed by atoms with van der Waals surface area (Å²) in [5, 5.41) is 0. The molecule has 0 amide bonds. The Kier molecular flexibility index (Phi) is 3.96. The Bertz CT molecular complexity index is 115. The number of hydrogen-bond acceptors (Lipinski definition) is 2. The molecule has 0 unspecified atom stereocenters. The molecule has 12 heavy (non-hydrogen) atoms. The summed E-state index contributed by atoms with van der Waals surface area (Å²) in [4.78, 5) is 0. The molecule has 1 aliphatic rings. The minimum atomic E-state index is -0.438. The molecule has 0 aromatic rings. The molecule has 0 aromatic carbocycles. The van der Waals surface area contributed by atoms with Crippen LogP contribution in [0.3, 0.4) is 0 Å². The normalized spacial score (nSPS) is 31.5. The summed E-state index contributed by atoms with van der Waals surface area (Å²) in [6.07, 6.45) is 0. The summed E-state index contributed by atoms with van der Waals surface area (Å²) in [7, 11) is 8.21. The van der Waals surface area contributed by atoms with Crippen molar-refractivity contribution in [2.24, 2.45) is 0 Å². The first kappa shape index (κ1) is 10.4. The van der Waals surface area contributed by atoms with Crippen LogP contribution in [0.25, 0.3) is 0 Å². The molecule has 1 rings (SSSR count). The van der Waals surface area contributed by atoms with Gasteiger partial charge in [-0.25, -0.2) is 0 Å². The van der Waals surface area contributed by atoms with Gasteiger partial charge < -0.3 is 9.13 Å². The molecule has 0 N–H and O–H groups in total. The van der Waals surface area contributed by atoms with Gasteiger partial charge in [0.2, 0.25) is 0 Å². The van der Waals surface area contributed by atoms with Crippen LogP contribution in [0.1, 0.15) is 0 Å². The van der Waals surface area contributed by atoms with Gasteiger partial charge in [-0.05, 0) is 52.4 Å². The molecule has 1 fully saturated rings. The molecule has 0 spiro atoms. The third-order valence-electron chi connectivity index (χ3n) is 3.13. The maximum atomic E-state index is 2.53. The molecule has 1 saturated heterocycles. The maximum absolute atomic E-state index is 2.53. The fourth-order valence-corrected chi connectivity index (χ4v) is 10.9. The zero-order valence-electron chi connectivity index (χ0n) is 8.88. The lowest BCUT2D eigenvalue weighted by molar-refractivity contribution is 0.606. The minimum absolute atomic E-state index is 0.438. The van der Waals surface area contributed by atoms with Crippen LogP contribution < -0.4 is 0 Å². The largest absolute Gasteiger partial charge is 0.331 e. The van der Waals surface area contributed by atoms with E-state index in [1.807, 2.05) is 0 Å². The van der Waals surface area contributed by atoms with Gasteiger partial charge in [0.05, 0.1) is 0 Å². The topological polar surface area (TPSA) is 6.48 Å². The van der Waals surface area contributed by atoms with Crippen LogP contribution in [0.15, 0.2) is 0 Å². The van der Waals surface area contributed by atoms with Gasteiger partial charge in [0.25, 0.3) is 0 Å². The highest BCUT2D eigenvalue weighted by molar-refractivity contribution is 6.66. The summed E-state index contributed by atoms with van der Waals surface area (Å²) < 4.78 is 5.06. The fraction of sp³-hybridized carbons (Fsp3) is 1.00. The number of rotatable bonds is 2. The second-order valence-corrected chi connectivity index (χ2v) is 11.4. The van der Waals surface area contributed by atoms with Gasteiger partial charge in [0.15, 0.2) is 0 Å². The molecule has 1 aliphatic heterocycles. The zero-order chi connectivity index (χ0) is 9.14. The Labute approximate surface area is 79.9 Å². The Balaban J connectivity index is 2.30. The Morgan fingerprint density at radius 3 is 1.08 bits per heavy atom. The first-order valence-electron chi connectivity index (χ1n) is 4.94. The smallest absolute Gasteiger partial charge is 0.110 e. The van der Waals surface area contributed by atoms with Crippen molar-refractivity contribution in [1.29, 1.82) is 0 Å². The van der Waals surface area contributed by atoms with Crippen molar-refractivity contribution >= 4 is 17.9 Å². The van der Waals surface area contributed by atoms with Crippen LogP contribution in [-0.4, -0.2) is 55.2 Å². The third kappa shape index (κ3) is 2.69. The summed E-state index contributed by atoms with van der Waals surface area (Å²) in [6.45, 7) is 0. The van der Waals surface area contributed by atoms with Crippen LogP contribution in [0.4, 0.5) is 0 Å². The Morgan fingerprint density at radius 2 is 0.917 bits per heavy atom. The molecule has 0 aromatic heterocycles. The highest BCUT2D eigenvalue weighted by Gasteiger charge is 2.25. The average Bonchev–Trinajstić information content (AvgIpc) is 2.04. The predicted octanol–water partition coefficient (Wildman–Crippen LogP) is 0.571. The van der Waals surface area contributed by atoms with E-state index in [2.05, 4.69) is 37.3 Å². The summed E-state index contributed by atoms with van der Waals surface area (Å²) in [6, 6.07) is 6.29. The van der Waals surface area contributed by atoms with Gasteiger partial charge in [-0.2, -0.15) is 0 Å². The van der Waals surface area contributed by atoms with E-state index < -0.39 is 17.9 Å². The quantitative estimate of drug-likeness (QED) is 0.604. The second-order valence-electron chi connectivity index (χ2n) is 4.39. The first-order chi connectivity index (χ1) is 5.61. The summed E-state index contributed by atoms with van der Waals surface area (Å²) in [5.41, 5.74) is 0. The van der Waals surface area contributed by atoms with Gasteiger partial charge in [0.1, 0.15) is 17.9 Å². The van der Waals surface area contributed by atoms with Crippen LogP contribution in [0, 0.1) is 0 Å². The fourth-order valence-electron chi connectivity index (χ4n) is 2.09. The van der Waals surface area contributed by atoms with E-state index in [1.165, 1.54) is 0 Å². The second kappa shape index (κ2) is 4.55. The van der Waals surface area contributed by atoms with Crippen LogP contribution in [-0.2, 0) is 0 Å². The van der Waals surface area contributed by atoms with Gasteiger partial charge in [-0.15, -0.1) is 0 Å². The molecule has 0 bridgehead atoms. The summed E-state index contributed by atoms with van der Waals surface area (Å²) in [5.74, 6) is 0. The van der Waals surface area contributed by atoms with Crippen molar-refractivity contribution < 1.29 is 0 Å². The van der Waals surface area contributed by atoms with E-state index in [0.29, 0.717) is 0 Å². The molecule has 4 heteroatoms. The van der Waals surface area contributed by atoms with Crippen molar-refractivity contribution in [3.8, 4) is 0 Å². The molecule has 72 valence electrons. The van der Waals surface area contributed by atoms with Crippen LogP contribution in [0.5, 0.6) is 0 Å². The molecule has 0 saturated carbocycles. The molecule has 0 aliphatic carbocycles. The average molecular weight is 202 g/mol. The molecular formula is C8H22N2Si2. The van der Waals surface area contributed by atoms with Gasteiger partial charge in [0, 0.05) is 0 Å². The molecule has 0 radical (unpaired) electrons. The van der Waals surface area contributed by atoms with Crippen molar-refractivity contribution in [1.82, 2.24) is 9.13 Å². The Morgan fingerprint density at radius 1 is 0.667 bits per heavy atom. The molecule has 2 nitrogen and oxygen atoms in total. The van der Waals surface area contributed by atoms with E-state index in [9.17, 15) is 0 Å². The van der Waals surface area contributed by atoms with Gasteiger partial charge in [-0.3, -0.25) is 0 Å². The molecular weight excluding hydrogens is 180 g/mol. The number of nitrogens with zero attached hydrogens (tertiary/aromatic N) is 2. The first-order valence-corrected chi connectivity index (χ1v) is 9.24. The summed E-state index contributed by atoms with van der Waals surface area (Å²) >= 11 is 0. The monoisotopic (exact) mass is 202 g/mol. The number of hydrogen-bond donors (Lipinski definition) is 0. The molecule has 0 atom stereocenters. The van der Waals surface area contributed by atoms with Crippen molar-refractivity contribution in [3.63, 3.8) is 0 Å². The van der Waals surface area contributed by atoms with E-state index in [0.717, 1.165) is 0 Å². The van der Waals surface area contributed by atoms with Crippen molar-refractivity contribution in [2.45, 2.75) is 24.2 Å². The van der Waals surface area contributed by atoms with Gasteiger partial charge in [-0.1, -0.05) is 0 Å². The van der Waals surface area contributed by atoms with E-state index in [-0.39, 0.29) is 0 Å². The van der Waals surface area contributed by atoms with E-state index in [4.69, 9.17) is 0 Å². The predicted molar refractivity (Wildman–Crippen MR) is 60.9 cm³/mol. The lowest BCUT2D eigenvalue weighted by Crippen LogP contribution is -2.43. The lowest BCUT2D eigenvalue weighted by atomic mass is 10.9. The molecule has 1 heterocycles. The van der Waals surface area contributed by atoms with Crippen LogP contribution in [0.2, 0.25) is 24.2 Å². The highest BCUT2D eigenvalue weighted by Crippen LogP contribution is 2.22. The van der Waals surface area contributed by atoms with E-state index >= 15 is 0 Å². The highest BCUT2D eigenvalue weighted by atomic mass is 28.3. The lowest BCUT2D eigenvalue weighted by Gasteiger charge is -2.33. The van der Waals surface area contributed by atoms with Crippen LogP contribution >= 0.6 is 0 Å². The maximum Gasteiger partial charge on any atom is 0.110 e. The van der Waals surface area contributed by atoms with Crippen molar-refractivity contribution in [2.75, 3.05) is 28.2 Å².